The van der Waals surface area contributed by atoms with E-state index in [-0.39, 0.29) is 12.0 Å². The Morgan fingerprint density at radius 1 is 1.03 bits per heavy atom. The van der Waals surface area contributed by atoms with Gasteiger partial charge in [0.25, 0.3) is 0 Å². The average molecular weight is 500 g/mol. The molecule has 5 rings (SSSR count). The molecule has 1 aliphatic heterocycles. The number of carbonyl (C=O) groups is 1. The second-order valence-electron chi connectivity index (χ2n) is 9.32. The zero-order valence-corrected chi connectivity index (χ0v) is 21.4. The number of fused-ring (bicyclic) bond motifs is 3. The van der Waals surface area contributed by atoms with Gasteiger partial charge < -0.3 is 14.5 Å². The van der Waals surface area contributed by atoms with E-state index < -0.39 is 0 Å². The average Bonchev–Trinajstić information content (AvgIpc) is 3.23. The monoisotopic (exact) mass is 499 g/mol. The molecule has 3 aromatic carbocycles. The SMILES string of the molecule is Cc1c(S)cc(CN=[N+]=[N-])c(C)c1N1CCN(C(=O)OCC2c3ccccc3-c3ccccc32)CC1. The van der Waals surface area contributed by atoms with Gasteiger partial charge in [-0.2, -0.15) is 0 Å². The van der Waals surface area contributed by atoms with Crippen LogP contribution in [0.4, 0.5) is 10.5 Å². The molecule has 0 saturated carbocycles. The van der Waals surface area contributed by atoms with Crippen LogP contribution in [0.2, 0.25) is 0 Å². The van der Waals surface area contributed by atoms with Crippen LogP contribution in [0.5, 0.6) is 0 Å². The minimum absolute atomic E-state index is 0.0561. The van der Waals surface area contributed by atoms with E-state index in [0.717, 1.165) is 27.3 Å². The molecular formula is C28H29N5O2S. The molecule has 1 amide bonds. The summed E-state index contributed by atoms with van der Waals surface area (Å²) in [4.78, 5) is 20.9. The number of benzene rings is 3. The quantitative estimate of drug-likeness (QED) is 0.189. The smallest absolute Gasteiger partial charge is 0.409 e. The highest BCUT2D eigenvalue weighted by Gasteiger charge is 2.31. The standard InChI is InChI=1S/C28H29N5O2S/c1-18-20(16-30-31-29)15-26(36)19(2)27(18)32-11-13-33(14-12-32)28(34)35-17-25-23-9-5-3-7-21(23)22-8-4-6-10-24(22)25/h3-10,15,25,36H,11-14,16-17H2,1-2H3. The van der Waals surface area contributed by atoms with Crippen LogP contribution in [0.15, 0.2) is 64.6 Å². The van der Waals surface area contributed by atoms with Gasteiger partial charge in [0.1, 0.15) is 6.61 Å². The fraction of sp³-hybridized carbons (Fsp3) is 0.321. The minimum Gasteiger partial charge on any atom is -0.448 e. The first-order chi connectivity index (χ1) is 17.5. The Balaban J connectivity index is 1.25. The molecule has 1 heterocycles. The maximum absolute atomic E-state index is 13.0. The maximum atomic E-state index is 13.0. The summed E-state index contributed by atoms with van der Waals surface area (Å²) in [5, 5.41) is 3.74. The highest BCUT2D eigenvalue weighted by molar-refractivity contribution is 7.80. The van der Waals surface area contributed by atoms with Gasteiger partial charge in [-0.3, -0.25) is 0 Å². The highest BCUT2D eigenvalue weighted by Crippen LogP contribution is 2.44. The number of hydrogen-bond donors (Lipinski definition) is 1. The van der Waals surface area contributed by atoms with Crippen LogP contribution in [0, 0.1) is 13.8 Å². The van der Waals surface area contributed by atoms with E-state index >= 15 is 0 Å². The number of piperazine rings is 1. The van der Waals surface area contributed by atoms with Gasteiger partial charge in [-0.05, 0) is 64.4 Å². The molecule has 0 unspecified atom stereocenters. The number of anilines is 1. The highest BCUT2D eigenvalue weighted by atomic mass is 32.1. The number of thiol groups is 1. The van der Waals surface area contributed by atoms with E-state index in [1.165, 1.54) is 22.3 Å². The first kappa shape index (κ1) is 24.1. The van der Waals surface area contributed by atoms with Crippen LogP contribution in [-0.2, 0) is 11.3 Å². The van der Waals surface area contributed by atoms with Crippen LogP contribution in [0.1, 0.15) is 33.7 Å². The van der Waals surface area contributed by atoms with Gasteiger partial charge in [0.2, 0.25) is 0 Å². The van der Waals surface area contributed by atoms with Crippen molar-refractivity contribution in [3.8, 4) is 11.1 Å². The Bertz CT molecular complexity index is 1310. The van der Waals surface area contributed by atoms with Crippen molar-refractivity contribution < 1.29 is 9.53 Å². The Kier molecular flexibility index (Phi) is 6.81. The van der Waals surface area contributed by atoms with Crippen molar-refractivity contribution in [3.05, 3.63) is 92.9 Å². The predicted molar refractivity (Wildman–Crippen MR) is 145 cm³/mol. The fourth-order valence-electron chi connectivity index (χ4n) is 5.48. The topological polar surface area (TPSA) is 81.5 Å². The molecule has 0 radical (unpaired) electrons. The molecule has 0 aromatic heterocycles. The molecule has 1 saturated heterocycles. The summed E-state index contributed by atoms with van der Waals surface area (Å²) < 4.78 is 5.86. The molecule has 3 aromatic rings. The van der Waals surface area contributed by atoms with Crippen molar-refractivity contribution in [2.45, 2.75) is 31.2 Å². The molecule has 7 nitrogen and oxygen atoms in total. The van der Waals surface area contributed by atoms with Crippen LogP contribution in [0.3, 0.4) is 0 Å². The zero-order chi connectivity index (χ0) is 25.2. The summed E-state index contributed by atoms with van der Waals surface area (Å²) in [5.41, 5.74) is 17.9. The van der Waals surface area contributed by atoms with Gasteiger partial charge in [0, 0.05) is 47.6 Å². The van der Waals surface area contributed by atoms with Crippen LogP contribution in [-0.4, -0.2) is 43.8 Å². The number of ether oxygens (including phenoxy) is 1. The van der Waals surface area contributed by atoms with Crippen LogP contribution >= 0.6 is 12.6 Å². The van der Waals surface area contributed by atoms with E-state index in [1.807, 2.05) is 18.2 Å². The number of amides is 1. The first-order valence-electron chi connectivity index (χ1n) is 12.2. The predicted octanol–water partition coefficient (Wildman–Crippen LogP) is 6.47. The van der Waals surface area contributed by atoms with Gasteiger partial charge in [-0.15, -0.1) is 12.6 Å². The molecule has 8 heteroatoms. The minimum atomic E-state index is -0.267. The number of rotatable bonds is 5. The lowest BCUT2D eigenvalue weighted by Gasteiger charge is -2.37. The fourth-order valence-corrected chi connectivity index (χ4v) is 5.74. The molecule has 0 bridgehead atoms. The second kappa shape index (κ2) is 10.2. The van der Waals surface area contributed by atoms with Crippen LogP contribution < -0.4 is 4.90 Å². The summed E-state index contributed by atoms with van der Waals surface area (Å²) in [5.74, 6) is 0.0561. The largest absolute Gasteiger partial charge is 0.448 e. The molecular weight excluding hydrogens is 470 g/mol. The van der Waals surface area contributed by atoms with Crippen molar-refractivity contribution in [1.82, 2.24) is 4.90 Å². The van der Waals surface area contributed by atoms with E-state index in [0.29, 0.717) is 39.3 Å². The van der Waals surface area contributed by atoms with Crippen molar-refractivity contribution in [3.63, 3.8) is 0 Å². The Hall–Kier alpha value is -3.61. The number of hydrogen-bond acceptors (Lipinski definition) is 5. The molecule has 0 atom stereocenters. The summed E-state index contributed by atoms with van der Waals surface area (Å²) in [6.45, 7) is 7.29. The lowest BCUT2D eigenvalue weighted by atomic mass is 9.98. The van der Waals surface area contributed by atoms with E-state index in [1.54, 1.807) is 4.90 Å². The molecule has 2 aliphatic rings. The number of carbonyl (C=O) groups excluding carboxylic acids is 1. The number of azide groups is 1. The normalized spacial score (nSPS) is 14.8. The molecule has 1 aliphatic carbocycles. The Morgan fingerprint density at radius 2 is 1.64 bits per heavy atom. The second-order valence-corrected chi connectivity index (χ2v) is 9.80. The number of nitrogens with zero attached hydrogens (tertiary/aromatic N) is 5. The third-order valence-electron chi connectivity index (χ3n) is 7.38. The summed E-state index contributed by atoms with van der Waals surface area (Å²) >= 11 is 4.64. The van der Waals surface area contributed by atoms with Gasteiger partial charge in [-0.25, -0.2) is 4.79 Å². The van der Waals surface area contributed by atoms with Gasteiger partial charge >= 0.3 is 6.09 Å². The maximum Gasteiger partial charge on any atom is 0.409 e. The third-order valence-corrected chi connectivity index (χ3v) is 7.85. The third kappa shape index (κ3) is 4.38. The van der Waals surface area contributed by atoms with Gasteiger partial charge in [0.15, 0.2) is 0 Å². The van der Waals surface area contributed by atoms with Crippen molar-refractivity contribution in [2.24, 2.45) is 5.11 Å². The van der Waals surface area contributed by atoms with Gasteiger partial charge in [-0.1, -0.05) is 53.6 Å². The Labute approximate surface area is 216 Å². The summed E-state index contributed by atoms with van der Waals surface area (Å²) in [6, 6.07) is 18.7. The summed E-state index contributed by atoms with van der Waals surface area (Å²) in [6.07, 6.45) is -0.267. The van der Waals surface area contributed by atoms with Gasteiger partial charge in [0.05, 0.1) is 6.54 Å². The molecule has 184 valence electrons. The molecule has 0 N–H and O–H groups in total. The Morgan fingerprint density at radius 3 is 2.25 bits per heavy atom. The van der Waals surface area contributed by atoms with Crippen LogP contribution in [0.25, 0.3) is 21.6 Å². The molecule has 1 fully saturated rings. The van der Waals surface area contributed by atoms with Crippen molar-refractivity contribution in [1.29, 1.82) is 0 Å². The van der Waals surface area contributed by atoms with E-state index in [9.17, 15) is 4.79 Å². The zero-order valence-electron chi connectivity index (χ0n) is 20.5. The van der Waals surface area contributed by atoms with E-state index in [4.69, 9.17) is 10.3 Å². The summed E-state index contributed by atoms with van der Waals surface area (Å²) in [7, 11) is 0. The lowest BCUT2D eigenvalue weighted by molar-refractivity contribution is 0.0976. The van der Waals surface area contributed by atoms with Crippen molar-refractivity contribution in [2.75, 3.05) is 37.7 Å². The molecule has 36 heavy (non-hydrogen) atoms. The first-order valence-corrected chi connectivity index (χ1v) is 12.6. The molecule has 0 spiro atoms. The van der Waals surface area contributed by atoms with Crippen molar-refractivity contribution >= 4 is 24.4 Å². The lowest BCUT2D eigenvalue weighted by Crippen LogP contribution is -2.49. The van der Waals surface area contributed by atoms with E-state index in [2.05, 4.69) is 77.8 Å².